The molecule has 0 fully saturated rings. The highest BCUT2D eigenvalue weighted by Gasteiger charge is 2.13. The molecular formula is C12H10F3N3O2S. The summed E-state index contributed by atoms with van der Waals surface area (Å²) in [5.41, 5.74) is 0.0125. The smallest absolute Gasteiger partial charge is 0.230 e. The summed E-state index contributed by atoms with van der Waals surface area (Å²) in [6, 6.07) is 4.56. The number of pyridine rings is 1. The van der Waals surface area contributed by atoms with Gasteiger partial charge in [0.2, 0.25) is 10.0 Å². The van der Waals surface area contributed by atoms with E-state index in [9.17, 15) is 21.6 Å². The fraction of sp³-hybridized carbons (Fsp3) is 0.0833. The summed E-state index contributed by atoms with van der Waals surface area (Å²) < 4.78 is 63.5. The maximum atomic E-state index is 13.5. The molecule has 2 N–H and O–H groups in total. The van der Waals surface area contributed by atoms with Crippen molar-refractivity contribution < 1.29 is 21.6 Å². The summed E-state index contributed by atoms with van der Waals surface area (Å²) in [5, 5.41) is 2.51. The second-order valence-corrected chi connectivity index (χ2v) is 5.90. The average molecular weight is 317 g/mol. The van der Waals surface area contributed by atoms with E-state index in [4.69, 9.17) is 0 Å². The Morgan fingerprint density at radius 2 is 1.76 bits per heavy atom. The fourth-order valence-corrected chi connectivity index (χ4v) is 2.00. The zero-order chi connectivity index (χ0) is 15.6. The Morgan fingerprint density at radius 3 is 2.33 bits per heavy atom. The minimum Gasteiger partial charge on any atom is -0.352 e. The van der Waals surface area contributed by atoms with Gasteiger partial charge in [0.25, 0.3) is 0 Å². The Hall–Kier alpha value is -2.29. The van der Waals surface area contributed by atoms with E-state index in [0.29, 0.717) is 0 Å². The molecule has 1 aromatic heterocycles. The highest BCUT2D eigenvalue weighted by Crippen LogP contribution is 2.23. The molecule has 21 heavy (non-hydrogen) atoms. The van der Waals surface area contributed by atoms with E-state index in [0.717, 1.165) is 18.4 Å². The first kappa shape index (κ1) is 15.1. The zero-order valence-corrected chi connectivity index (χ0v) is 11.5. The van der Waals surface area contributed by atoms with Crippen molar-refractivity contribution in [1.82, 2.24) is 4.98 Å². The van der Waals surface area contributed by atoms with Gasteiger partial charge in [-0.3, -0.25) is 4.72 Å². The summed E-state index contributed by atoms with van der Waals surface area (Å²) in [7, 11) is -3.45. The maximum absolute atomic E-state index is 13.5. The lowest BCUT2D eigenvalue weighted by Gasteiger charge is -2.09. The highest BCUT2D eigenvalue weighted by molar-refractivity contribution is 7.92. The van der Waals surface area contributed by atoms with Crippen LogP contribution < -0.4 is 10.0 Å². The van der Waals surface area contributed by atoms with Crippen molar-refractivity contribution in [3.63, 3.8) is 0 Å². The van der Waals surface area contributed by atoms with Crippen LogP contribution in [-0.2, 0) is 10.0 Å². The van der Waals surface area contributed by atoms with Crippen LogP contribution in [0, 0.1) is 17.5 Å². The number of hydrogen-bond acceptors (Lipinski definition) is 4. The number of halogens is 3. The van der Waals surface area contributed by atoms with Crippen LogP contribution in [0.3, 0.4) is 0 Å². The number of nitrogens with zero attached hydrogens (tertiary/aromatic N) is 1. The molecule has 0 atom stereocenters. The Kier molecular flexibility index (Phi) is 4.03. The van der Waals surface area contributed by atoms with Crippen LogP contribution in [0.5, 0.6) is 0 Å². The van der Waals surface area contributed by atoms with Crippen LogP contribution in [0.2, 0.25) is 0 Å². The van der Waals surface area contributed by atoms with E-state index < -0.39 is 27.5 Å². The quantitative estimate of drug-likeness (QED) is 0.850. The zero-order valence-electron chi connectivity index (χ0n) is 10.7. The molecule has 0 spiro atoms. The fourth-order valence-electron chi connectivity index (χ4n) is 1.50. The summed E-state index contributed by atoms with van der Waals surface area (Å²) in [5.74, 6) is -4.14. The second kappa shape index (κ2) is 5.60. The van der Waals surface area contributed by atoms with Crippen LogP contribution in [0.4, 0.5) is 30.4 Å². The lowest BCUT2D eigenvalue weighted by atomic mass is 10.2. The standard InChI is InChI=1S/C12H10F3N3O2S/c1-21(19,20)18-10-5-2-7(6-16-10)17-9-4-3-8(13)11(14)12(9)15/h2-6,17H,1H3,(H,16,18). The second-order valence-electron chi connectivity index (χ2n) is 4.15. The summed E-state index contributed by atoms with van der Waals surface area (Å²) >= 11 is 0. The summed E-state index contributed by atoms with van der Waals surface area (Å²) in [4.78, 5) is 3.79. The number of hydrogen-bond donors (Lipinski definition) is 2. The van der Waals surface area contributed by atoms with Gasteiger partial charge in [-0.2, -0.15) is 0 Å². The summed E-state index contributed by atoms with van der Waals surface area (Å²) in [6.45, 7) is 0. The lowest BCUT2D eigenvalue weighted by Crippen LogP contribution is -2.10. The third-order valence-electron chi connectivity index (χ3n) is 2.37. The summed E-state index contributed by atoms with van der Waals surface area (Å²) in [6.07, 6.45) is 2.19. The number of anilines is 3. The molecule has 0 aliphatic heterocycles. The molecule has 0 aliphatic carbocycles. The van der Waals surface area contributed by atoms with Crippen molar-refractivity contribution in [2.75, 3.05) is 16.3 Å². The van der Waals surface area contributed by atoms with Crippen molar-refractivity contribution in [3.05, 3.63) is 47.9 Å². The van der Waals surface area contributed by atoms with Gasteiger partial charge in [0.15, 0.2) is 17.5 Å². The van der Waals surface area contributed by atoms with E-state index in [1.807, 2.05) is 0 Å². The predicted octanol–water partition coefficient (Wildman–Crippen LogP) is 2.61. The molecular weight excluding hydrogens is 307 g/mol. The van der Waals surface area contributed by atoms with Crippen molar-refractivity contribution in [2.24, 2.45) is 0 Å². The molecule has 9 heteroatoms. The minimum atomic E-state index is -3.45. The number of rotatable bonds is 4. The molecule has 112 valence electrons. The van der Waals surface area contributed by atoms with Gasteiger partial charge >= 0.3 is 0 Å². The minimum absolute atomic E-state index is 0.0776. The van der Waals surface area contributed by atoms with E-state index in [1.54, 1.807) is 0 Å². The van der Waals surface area contributed by atoms with Gasteiger partial charge in [-0.1, -0.05) is 0 Å². The Bertz CT molecular complexity index is 764. The Morgan fingerprint density at radius 1 is 1.05 bits per heavy atom. The number of benzene rings is 1. The molecule has 2 rings (SSSR count). The molecule has 0 radical (unpaired) electrons. The first-order valence-corrected chi connectivity index (χ1v) is 7.50. The largest absolute Gasteiger partial charge is 0.352 e. The monoisotopic (exact) mass is 317 g/mol. The number of aromatic nitrogens is 1. The molecule has 0 bridgehead atoms. The van der Waals surface area contributed by atoms with Crippen LogP contribution in [0.1, 0.15) is 0 Å². The Labute approximate surface area is 118 Å². The van der Waals surface area contributed by atoms with Crippen LogP contribution >= 0.6 is 0 Å². The molecule has 1 heterocycles. The van der Waals surface area contributed by atoms with E-state index in [-0.39, 0.29) is 17.2 Å². The number of sulfonamides is 1. The average Bonchev–Trinajstić information content (AvgIpc) is 2.40. The molecule has 0 amide bonds. The van der Waals surface area contributed by atoms with Crippen LogP contribution in [-0.4, -0.2) is 19.7 Å². The predicted molar refractivity (Wildman–Crippen MR) is 72.3 cm³/mol. The van der Waals surface area contributed by atoms with Gasteiger partial charge in [0, 0.05) is 0 Å². The van der Waals surface area contributed by atoms with E-state index in [1.165, 1.54) is 18.3 Å². The first-order chi connectivity index (χ1) is 9.76. The third kappa shape index (κ3) is 3.85. The normalized spacial score (nSPS) is 11.2. The van der Waals surface area contributed by atoms with E-state index >= 15 is 0 Å². The van der Waals surface area contributed by atoms with Crippen LogP contribution in [0.15, 0.2) is 30.5 Å². The van der Waals surface area contributed by atoms with Crippen molar-refractivity contribution in [1.29, 1.82) is 0 Å². The third-order valence-corrected chi connectivity index (χ3v) is 2.95. The highest BCUT2D eigenvalue weighted by atomic mass is 32.2. The molecule has 0 aliphatic rings. The van der Waals surface area contributed by atoms with Gasteiger partial charge in [-0.25, -0.2) is 26.6 Å². The Balaban J connectivity index is 2.19. The molecule has 0 saturated heterocycles. The lowest BCUT2D eigenvalue weighted by molar-refractivity contribution is 0.449. The molecule has 0 saturated carbocycles. The van der Waals surface area contributed by atoms with Gasteiger partial charge in [-0.15, -0.1) is 0 Å². The van der Waals surface area contributed by atoms with Crippen molar-refractivity contribution >= 4 is 27.2 Å². The van der Waals surface area contributed by atoms with Gasteiger partial charge in [0.1, 0.15) is 5.82 Å². The van der Waals surface area contributed by atoms with E-state index in [2.05, 4.69) is 15.0 Å². The van der Waals surface area contributed by atoms with Gasteiger partial charge in [-0.05, 0) is 24.3 Å². The topological polar surface area (TPSA) is 71.1 Å². The SMILES string of the molecule is CS(=O)(=O)Nc1ccc(Nc2ccc(F)c(F)c2F)cn1. The van der Waals surface area contributed by atoms with Gasteiger partial charge in [0.05, 0.1) is 23.8 Å². The van der Waals surface area contributed by atoms with Crippen molar-refractivity contribution in [2.45, 2.75) is 0 Å². The van der Waals surface area contributed by atoms with Crippen LogP contribution in [0.25, 0.3) is 0 Å². The first-order valence-electron chi connectivity index (χ1n) is 5.60. The molecule has 1 aromatic carbocycles. The van der Waals surface area contributed by atoms with Crippen molar-refractivity contribution in [3.8, 4) is 0 Å². The van der Waals surface area contributed by atoms with Gasteiger partial charge < -0.3 is 5.32 Å². The molecule has 2 aromatic rings. The maximum Gasteiger partial charge on any atom is 0.230 e. The number of nitrogens with one attached hydrogen (secondary N) is 2. The molecule has 0 unspecified atom stereocenters. The molecule has 5 nitrogen and oxygen atoms in total.